The molecule has 16 heavy (non-hydrogen) atoms. The van der Waals surface area contributed by atoms with Gasteiger partial charge in [0.25, 0.3) is 0 Å². The van der Waals surface area contributed by atoms with Crippen LogP contribution in [0.15, 0.2) is 29.3 Å². The second-order valence-corrected chi connectivity index (χ2v) is 4.22. The minimum atomic E-state index is 0.610. The molecular weight excluding hydrogens is 222 g/mol. The van der Waals surface area contributed by atoms with E-state index in [1.54, 1.807) is 11.8 Å². The molecule has 0 spiro atoms. The third-order valence-electron chi connectivity index (χ3n) is 1.75. The Kier molecular flexibility index (Phi) is 5.88. The van der Waals surface area contributed by atoms with Gasteiger partial charge in [0.1, 0.15) is 10.8 Å². The van der Waals surface area contributed by atoms with E-state index in [0.29, 0.717) is 13.2 Å². The molecule has 1 N–H and O–H groups in total. The van der Waals surface area contributed by atoms with Gasteiger partial charge in [-0.25, -0.2) is 0 Å². The Morgan fingerprint density at radius 1 is 1.50 bits per heavy atom. The second kappa shape index (κ2) is 7.24. The zero-order valence-electron chi connectivity index (χ0n) is 9.69. The van der Waals surface area contributed by atoms with Gasteiger partial charge in [0.2, 0.25) is 0 Å². The maximum absolute atomic E-state index is 5.35. The maximum atomic E-state index is 5.35. The van der Waals surface area contributed by atoms with Gasteiger partial charge in [-0.15, -0.1) is 22.0 Å². The molecule has 1 aromatic heterocycles. The Balaban J connectivity index is 2.19. The van der Waals surface area contributed by atoms with E-state index in [-0.39, 0.29) is 0 Å². The summed E-state index contributed by atoms with van der Waals surface area (Å²) in [5.41, 5.74) is 1.03. The van der Waals surface area contributed by atoms with Crippen molar-refractivity contribution < 1.29 is 4.74 Å². The lowest BCUT2D eigenvalue weighted by atomic mass is 10.4. The van der Waals surface area contributed by atoms with Crippen LogP contribution in [0.25, 0.3) is 0 Å². The minimum absolute atomic E-state index is 0.610. The Hall–Kier alpha value is -1.07. The van der Waals surface area contributed by atoms with Gasteiger partial charge in [-0.05, 0) is 25.3 Å². The monoisotopic (exact) mass is 239 g/mol. The maximum Gasteiger partial charge on any atom is 0.148 e. The smallest absolute Gasteiger partial charge is 0.148 e. The van der Waals surface area contributed by atoms with E-state index < -0.39 is 0 Å². The molecule has 5 heteroatoms. The molecule has 1 aromatic rings. The van der Waals surface area contributed by atoms with E-state index in [9.17, 15) is 0 Å². The molecule has 0 aliphatic heterocycles. The normalized spacial score (nSPS) is 10.1. The fourth-order valence-electron chi connectivity index (χ4n) is 1.02. The molecule has 88 valence electrons. The van der Waals surface area contributed by atoms with Crippen LogP contribution in [0, 0.1) is 0 Å². The highest BCUT2D eigenvalue weighted by Crippen LogP contribution is 2.10. The standard InChI is InChI=1S/C11H17N3OS/c1-9(2)8-15-7-6-12-10-4-5-11(16-3)14-13-10/h4-5H,1,6-8H2,2-3H3,(H,12,13). The fourth-order valence-corrected chi connectivity index (χ4v) is 1.35. The molecular formula is C11H17N3OS. The van der Waals surface area contributed by atoms with Crippen LogP contribution in [-0.2, 0) is 4.74 Å². The van der Waals surface area contributed by atoms with Crippen molar-refractivity contribution in [3.8, 4) is 0 Å². The van der Waals surface area contributed by atoms with E-state index in [1.165, 1.54) is 0 Å². The molecule has 1 heterocycles. The highest BCUT2D eigenvalue weighted by atomic mass is 32.2. The summed E-state index contributed by atoms with van der Waals surface area (Å²) in [7, 11) is 0. The Morgan fingerprint density at radius 2 is 2.31 bits per heavy atom. The molecule has 0 atom stereocenters. The summed E-state index contributed by atoms with van der Waals surface area (Å²) < 4.78 is 5.35. The molecule has 4 nitrogen and oxygen atoms in total. The summed E-state index contributed by atoms with van der Waals surface area (Å²) in [6.07, 6.45) is 1.97. The zero-order chi connectivity index (χ0) is 11.8. The summed E-state index contributed by atoms with van der Waals surface area (Å²) in [5.74, 6) is 0.775. The van der Waals surface area contributed by atoms with E-state index in [1.807, 2.05) is 25.3 Å². The lowest BCUT2D eigenvalue weighted by Crippen LogP contribution is -2.11. The molecule has 0 aliphatic rings. The molecule has 0 saturated heterocycles. The predicted octanol–water partition coefficient (Wildman–Crippen LogP) is 2.20. The van der Waals surface area contributed by atoms with Crippen LogP contribution in [0.5, 0.6) is 0 Å². The Labute approximate surface area is 100 Å². The first-order valence-electron chi connectivity index (χ1n) is 5.06. The molecule has 0 amide bonds. The van der Waals surface area contributed by atoms with Crippen LogP contribution in [0.1, 0.15) is 6.92 Å². The first kappa shape index (κ1) is 13.0. The van der Waals surface area contributed by atoms with Gasteiger partial charge in [0.05, 0.1) is 13.2 Å². The van der Waals surface area contributed by atoms with Crippen molar-refractivity contribution in [3.05, 3.63) is 24.3 Å². The fraction of sp³-hybridized carbons (Fsp3) is 0.455. The Morgan fingerprint density at radius 3 is 2.88 bits per heavy atom. The van der Waals surface area contributed by atoms with Crippen LogP contribution in [0.3, 0.4) is 0 Å². The molecule has 0 bridgehead atoms. The average Bonchev–Trinajstić information content (AvgIpc) is 2.29. The number of aromatic nitrogens is 2. The van der Waals surface area contributed by atoms with Crippen molar-refractivity contribution >= 4 is 17.6 Å². The van der Waals surface area contributed by atoms with Gasteiger partial charge in [-0.3, -0.25) is 0 Å². The Bertz CT molecular complexity index is 327. The summed E-state index contributed by atoms with van der Waals surface area (Å²) in [6, 6.07) is 3.85. The molecule has 0 radical (unpaired) electrons. The van der Waals surface area contributed by atoms with E-state index in [4.69, 9.17) is 4.74 Å². The number of nitrogens with one attached hydrogen (secondary N) is 1. The molecule has 0 unspecified atom stereocenters. The van der Waals surface area contributed by atoms with Gasteiger partial charge in [0, 0.05) is 6.54 Å². The first-order valence-corrected chi connectivity index (χ1v) is 6.28. The third kappa shape index (κ3) is 5.14. The van der Waals surface area contributed by atoms with Gasteiger partial charge < -0.3 is 10.1 Å². The van der Waals surface area contributed by atoms with Crippen molar-refractivity contribution in [1.29, 1.82) is 0 Å². The van der Waals surface area contributed by atoms with E-state index in [2.05, 4.69) is 22.1 Å². The number of rotatable bonds is 7. The van der Waals surface area contributed by atoms with Crippen molar-refractivity contribution in [2.45, 2.75) is 11.9 Å². The predicted molar refractivity (Wildman–Crippen MR) is 67.9 cm³/mol. The van der Waals surface area contributed by atoms with Crippen molar-refractivity contribution in [2.75, 3.05) is 31.3 Å². The average molecular weight is 239 g/mol. The topological polar surface area (TPSA) is 47.0 Å². The van der Waals surface area contributed by atoms with E-state index >= 15 is 0 Å². The largest absolute Gasteiger partial charge is 0.375 e. The lowest BCUT2D eigenvalue weighted by Gasteiger charge is -2.06. The summed E-state index contributed by atoms with van der Waals surface area (Å²) in [5, 5.41) is 12.1. The number of nitrogens with zero attached hydrogens (tertiary/aromatic N) is 2. The number of thioether (sulfide) groups is 1. The van der Waals surface area contributed by atoms with Gasteiger partial charge in [-0.1, -0.05) is 12.2 Å². The highest BCUT2D eigenvalue weighted by Gasteiger charge is 1.95. The van der Waals surface area contributed by atoms with Crippen LogP contribution >= 0.6 is 11.8 Å². The van der Waals surface area contributed by atoms with Gasteiger partial charge >= 0.3 is 0 Å². The summed E-state index contributed by atoms with van der Waals surface area (Å²) in [4.78, 5) is 0. The first-order chi connectivity index (χ1) is 7.72. The number of ether oxygens (including phenoxy) is 1. The quantitative estimate of drug-likeness (QED) is 0.449. The van der Waals surface area contributed by atoms with Crippen LogP contribution in [0.2, 0.25) is 0 Å². The molecule has 0 fully saturated rings. The highest BCUT2D eigenvalue weighted by molar-refractivity contribution is 7.98. The van der Waals surface area contributed by atoms with Crippen molar-refractivity contribution in [1.82, 2.24) is 10.2 Å². The number of hydrogen-bond donors (Lipinski definition) is 1. The summed E-state index contributed by atoms with van der Waals surface area (Å²) in [6.45, 7) is 7.67. The van der Waals surface area contributed by atoms with Crippen LogP contribution in [-0.4, -0.2) is 36.2 Å². The zero-order valence-corrected chi connectivity index (χ0v) is 10.5. The number of hydrogen-bond acceptors (Lipinski definition) is 5. The third-order valence-corrected chi connectivity index (χ3v) is 2.39. The van der Waals surface area contributed by atoms with Crippen LogP contribution in [0.4, 0.5) is 5.82 Å². The van der Waals surface area contributed by atoms with E-state index in [0.717, 1.165) is 23.0 Å². The van der Waals surface area contributed by atoms with Crippen LogP contribution < -0.4 is 5.32 Å². The second-order valence-electron chi connectivity index (χ2n) is 3.40. The summed E-state index contributed by atoms with van der Waals surface area (Å²) >= 11 is 1.58. The molecule has 0 aromatic carbocycles. The SMILES string of the molecule is C=C(C)COCCNc1ccc(SC)nn1. The van der Waals surface area contributed by atoms with Crippen molar-refractivity contribution in [2.24, 2.45) is 0 Å². The lowest BCUT2D eigenvalue weighted by molar-refractivity contribution is 0.167. The van der Waals surface area contributed by atoms with Gasteiger partial charge in [-0.2, -0.15) is 0 Å². The van der Waals surface area contributed by atoms with Gasteiger partial charge in [0.15, 0.2) is 0 Å². The molecule has 0 aliphatic carbocycles. The molecule has 0 saturated carbocycles. The minimum Gasteiger partial charge on any atom is -0.375 e. The van der Waals surface area contributed by atoms with Crippen molar-refractivity contribution in [3.63, 3.8) is 0 Å². The molecule has 1 rings (SSSR count). The number of anilines is 1.